The van der Waals surface area contributed by atoms with Crippen LogP contribution in [0.4, 0.5) is 0 Å². The van der Waals surface area contributed by atoms with E-state index in [4.69, 9.17) is 0 Å². The molecule has 3 atom stereocenters. The number of fused-ring (bicyclic) bond motifs is 7. The molecule has 0 saturated heterocycles. The Bertz CT molecular complexity index is 692. The zero-order chi connectivity index (χ0) is 14.6. The van der Waals surface area contributed by atoms with Crippen LogP contribution in [0.1, 0.15) is 59.0 Å². The minimum absolute atomic E-state index is 0. The predicted octanol–water partition coefficient (Wildman–Crippen LogP) is 4.91. The third kappa shape index (κ3) is 2.19. The second-order valence-electron chi connectivity index (χ2n) is 6.88. The molecule has 2 aliphatic carbocycles. The van der Waals surface area contributed by atoms with E-state index in [1.54, 1.807) is 22.3 Å². The number of hydrogen-bond donors (Lipinski definition) is 0. The fourth-order valence-electron chi connectivity index (χ4n) is 4.35. The number of halogens is 1. The Labute approximate surface area is 139 Å². The molecule has 2 bridgehead atoms. The summed E-state index contributed by atoms with van der Waals surface area (Å²) in [7, 11) is 4.36. The van der Waals surface area contributed by atoms with Gasteiger partial charge in [-0.1, -0.05) is 42.5 Å². The van der Waals surface area contributed by atoms with Gasteiger partial charge in [-0.2, -0.15) is 0 Å². The molecule has 4 rings (SSSR count). The highest BCUT2D eigenvalue weighted by atomic mass is 35.5. The molecule has 0 aliphatic heterocycles. The van der Waals surface area contributed by atoms with Crippen molar-refractivity contribution in [3.63, 3.8) is 0 Å². The lowest BCUT2D eigenvalue weighted by atomic mass is 9.81. The molecule has 0 heterocycles. The summed E-state index contributed by atoms with van der Waals surface area (Å²) in [5, 5.41) is 0. The minimum Gasteiger partial charge on any atom is -0.303 e. The summed E-state index contributed by atoms with van der Waals surface area (Å²) in [5.41, 5.74) is 7.93. The molecule has 2 aliphatic rings. The van der Waals surface area contributed by atoms with Gasteiger partial charge >= 0.3 is 0 Å². The van der Waals surface area contributed by atoms with Gasteiger partial charge in [-0.3, -0.25) is 0 Å². The zero-order valence-corrected chi connectivity index (χ0v) is 14.4. The highest BCUT2D eigenvalue weighted by molar-refractivity contribution is 5.85. The molecule has 0 saturated carbocycles. The van der Waals surface area contributed by atoms with Crippen molar-refractivity contribution in [1.82, 2.24) is 4.90 Å². The van der Waals surface area contributed by atoms with E-state index >= 15 is 0 Å². The SMILES string of the molecule is CC(c1cccc2c1C1Cc3ccccc3C2C1)N(C)C.Cl. The van der Waals surface area contributed by atoms with Gasteiger partial charge in [0.1, 0.15) is 0 Å². The largest absolute Gasteiger partial charge is 0.303 e. The van der Waals surface area contributed by atoms with E-state index in [2.05, 4.69) is 68.4 Å². The molecule has 0 fully saturated rings. The van der Waals surface area contributed by atoms with E-state index in [1.165, 1.54) is 18.4 Å². The maximum Gasteiger partial charge on any atom is 0.0316 e. The monoisotopic (exact) mass is 313 g/mol. The Morgan fingerprint density at radius 3 is 2.50 bits per heavy atom. The molecule has 22 heavy (non-hydrogen) atoms. The maximum atomic E-state index is 2.37. The van der Waals surface area contributed by atoms with E-state index in [1.807, 2.05) is 0 Å². The highest BCUT2D eigenvalue weighted by Crippen LogP contribution is 2.53. The van der Waals surface area contributed by atoms with E-state index < -0.39 is 0 Å². The van der Waals surface area contributed by atoms with E-state index in [9.17, 15) is 0 Å². The van der Waals surface area contributed by atoms with Gasteiger partial charge in [-0.25, -0.2) is 0 Å². The Balaban J connectivity index is 0.00000144. The van der Waals surface area contributed by atoms with Crippen molar-refractivity contribution < 1.29 is 0 Å². The third-order valence-corrected chi connectivity index (χ3v) is 5.60. The van der Waals surface area contributed by atoms with E-state index in [0.717, 1.165) is 5.92 Å². The number of benzene rings is 2. The summed E-state index contributed by atoms with van der Waals surface area (Å²) in [6, 6.07) is 16.5. The third-order valence-electron chi connectivity index (χ3n) is 5.60. The summed E-state index contributed by atoms with van der Waals surface area (Å²) in [4.78, 5) is 2.32. The number of rotatable bonds is 2. The van der Waals surface area contributed by atoms with Crippen LogP contribution in [0, 0.1) is 0 Å². The maximum absolute atomic E-state index is 2.37. The Kier molecular flexibility index (Phi) is 4.05. The first-order chi connectivity index (χ1) is 10.2. The normalized spacial score (nSPS) is 22.7. The Hall–Kier alpha value is -1.31. The summed E-state index contributed by atoms with van der Waals surface area (Å²) < 4.78 is 0. The van der Waals surface area contributed by atoms with Crippen LogP contribution < -0.4 is 0 Å². The van der Waals surface area contributed by atoms with Crippen molar-refractivity contribution in [2.45, 2.75) is 37.6 Å². The van der Waals surface area contributed by atoms with Gasteiger partial charge in [0.2, 0.25) is 0 Å². The summed E-state index contributed by atoms with van der Waals surface area (Å²) >= 11 is 0. The summed E-state index contributed by atoms with van der Waals surface area (Å²) in [6.07, 6.45) is 2.53. The van der Waals surface area contributed by atoms with Gasteiger partial charge in [0.25, 0.3) is 0 Å². The molecule has 1 nitrogen and oxygen atoms in total. The summed E-state index contributed by atoms with van der Waals surface area (Å²) in [6.45, 7) is 2.32. The average Bonchev–Trinajstić information content (AvgIpc) is 2.81. The molecule has 116 valence electrons. The van der Waals surface area contributed by atoms with Crippen molar-refractivity contribution in [3.8, 4) is 0 Å². The molecule has 0 amide bonds. The first kappa shape index (κ1) is 15.6. The first-order valence-electron chi connectivity index (χ1n) is 8.03. The fourth-order valence-corrected chi connectivity index (χ4v) is 4.35. The molecule has 2 aromatic rings. The molecular weight excluding hydrogens is 290 g/mol. The van der Waals surface area contributed by atoms with Crippen LogP contribution in [0.5, 0.6) is 0 Å². The second kappa shape index (κ2) is 5.72. The average molecular weight is 314 g/mol. The Morgan fingerprint density at radius 2 is 1.73 bits per heavy atom. The topological polar surface area (TPSA) is 3.24 Å². The van der Waals surface area contributed by atoms with Gasteiger partial charge in [0.05, 0.1) is 0 Å². The number of nitrogens with zero attached hydrogens (tertiary/aromatic N) is 1. The summed E-state index contributed by atoms with van der Waals surface area (Å²) in [5.74, 6) is 1.35. The van der Waals surface area contributed by atoms with Crippen LogP contribution in [0.15, 0.2) is 42.5 Å². The van der Waals surface area contributed by atoms with Gasteiger partial charge in [0, 0.05) is 12.0 Å². The van der Waals surface area contributed by atoms with Crippen LogP contribution in [0.2, 0.25) is 0 Å². The van der Waals surface area contributed by atoms with Gasteiger partial charge < -0.3 is 4.90 Å². The van der Waals surface area contributed by atoms with Crippen molar-refractivity contribution in [2.24, 2.45) is 0 Å². The predicted molar refractivity (Wildman–Crippen MR) is 95.1 cm³/mol. The molecule has 0 radical (unpaired) electrons. The van der Waals surface area contributed by atoms with Gasteiger partial charge in [0.15, 0.2) is 0 Å². The number of hydrogen-bond acceptors (Lipinski definition) is 1. The molecule has 0 N–H and O–H groups in total. The Morgan fingerprint density at radius 1 is 1.00 bits per heavy atom. The van der Waals surface area contributed by atoms with Crippen LogP contribution in [0.3, 0.4) is 0 Å². The molecular formula is C20H24ClN. The van der Waals surface area contributed by atoms with Crippen molar-refractivity contribution in [1.29, 1.82) is 0 Å². The standard InChI is InChI=1S/C20H23N.ClH/c1-13(21(2)3)16-9-6-10-18-19-12-15(20(16)18)11-14-7-4-5-8-17(14)19;/h4-10,13,15,19H,11-12H2,1-3H3;1H. The van der Waals surface area contributed by atoms with Crippen molar-refractivity contribution in [3.05, 3.63) is 70.3 Å². The first-order valence-corrected chi connectivity index (χ1v) is 8.03. The van der Waals surface area contributed by atoms with Gasteiger partial charge in [-0.15, -0.1) is 12.4 Å². The smallest absolute Gasteiger partial charge is 0.0316 e. The quantitative estimate of drug-likeness (QED) is 0.761. The lowest BCUT2D eigenvalue weighted by Crippen LogP contribution is -2.19. The molecule has 2 aromatic carbocycles. The molecule has 3 unspecified atom stereocenters. The minimum atomic E-state index is 0. The van der Waals surface area contributed by atoms with Crippen LogP contribution >= 0.6 is 12.4 Å². The second-order valence-corrected chi connectivity index (χ2v) is 6.88. The lowest BCUT2D eigenvalue weighted by Gasteiger charge is -2.26. The van der Waals surface area contributed by atoms with Crippen LogP contribution in [-0.4, -0.2) is 19.0 Å². The molecule has 0 aromatic heterocycles. The van der Waals surface area contributed by atoms with Crippen LogP contribution in [0.25, 0.3) is 0 Å². The van der Waals surface area contributed by atoms with Crippen LogP contribution in [-0.2, 0) is 6.42 Å². The zero-order valence-electron chi connectivity index (χ0n) is 13.5. The van der Waals surface area contributed by atoms with Gasteiger partial charge in [-0.05, 0) is 67.6 Å². The lowest BCUT2D eigenvalue weighted by molar-refractivity contribution is 0.318. The molecule has 2 heteroatoms. The van der Waals surface area contributed by atoms with Crippen molar-refractivity contribution >= 4 is 12.4 Å². The highest BCUT2D eigenvalue weighted by Gasteiger charge is 2.39. The fraction of sp³-hybridized carbons (Fsp3) is 0.400. The van der Waals surface area contributed by atoms with Crippen molar-refractivity contribution in [2.75, 3.05) is 14.1 Å². The van der Waals surface area contributed by atoms with E-state index in [0.29, 0.717) is 12.0 Å². The molecule has 0 spiro atoms. The van der Waals surface area contributed by atoms with E-state index in [-0.39, 0.29) is 12.4 Å².